The lowest BCUT2D eigenvalue weighted by molar-refractivity contribution is 0.163. The molecule has 0 aromatic rings. The van der Waals surface area contributed by atoms with Crippen LogP contribution in [0.3, 0.4) is 0 Å². The lowest BCUT2D eigenvalue weighted by Gasteiger charge is -2.32. The molecule has 0 aromatic carbocycles. The van der Waals surface area contributed by atoms with E-state index in [2.05, 4.69) is 39.5 Å². The second-order valence-corrected chi connectivity index (χ2v) is 4.58. The van der Waals surface area contributed by atoms with Crippen LogP contribution in [-0.2, 0) is 0 Å². The minimum Gasteiger partial charge on any atom is -0.330 e. The van der Waals surface area contributed by atoms with Crippen molar-refractivity contribution < 1.29 is 0 Å². The summed E-state index contributed by atoms with van der Waals surface area (Å²) >= 11 is 0. The first-order chi connectivity index (χ1) is 6.56. The van der Waals surface area contributed by atoms with Crippen molar-refractivity contribution in [1.29, 1.82) is 0 Å². The van der Waals surface area contributed by atoms with Crippen molar-refractivity contribution in [3.63, 3.8) is 0 Å². The summed E-state index contributed by atoms with van der Waals surface area (Å²) in [5.41, 5.74) is 5.79. The first-order valence-electron chi connectivity index (χ1n) is 6.00. The van der Waals surface area contributed by atoms with Gasteiger partial charge in [-0.25, -0.2) is 0 Å². The molecule has 0 amide bonds. The van der Waals surface area contributed by atoms with Crippen LogP contribution in [0.2, 0.25) is 0 Å². The van der Waals surface area contributed by atoms with Gasteiger partial charge in [0.25, 0.3) is 0 Å². The number of nitrogens with zero attached hydrogens (tertiary/aromatic N) is 1. The molecule has 0 bridgehead atoms. The van der Waals surface area contributed by atoms with Crippen LogP contribution in [0.25, 0.3) is 0 Å². The van der Waals surface area contributed by atoms with Crippen LogP contribution >= 0.6 is 0 Å². The Morgan fingerprint density at radius 2 is 1.71 bits per heavy atom. The van der Waals surface area contributed by atoms with Crippen molar-refractivity contribution >= 4 is 0 Å². The highest BCUT2D eigenvalue weighted by molar-refractivity contribution is 4.72. The van der Waals surface area contributed by atoms with Crippen LogP contribution in [0.4, 0.5) is 0 Å². The maximum atomic E-state index is 5.79. The lowest BCUT2D eigenvalue weighted by Crippen LogP contribution is -2.40. The van der Waals surface area contributed by atoms with Crippen LogP contribution in [0.1, 0.15) is 41.0 Å². The molecule has 2 unspecified atom stereocenters. The van der Waals surface area contributed by atoms with Crippen molar-refractivity contribution in [2.75, 3.05) is 19.6 Å². The predicted octanol–water partition coefficient (Wildman–Crippen LogP) is 2.34. The van der Waals surface area contributed by atoms with E-state index in [-0.39, 0.29) is 0 Å². The van der Waals surface area contributed by atoms with Gasteiger partial charge in [-0.3, -0.25) is 0 Å². The molecule has 0 saturated carbocycles. The van der Waals surface area contributed by atoms with Gasteiger partial charge < -0.3 is 10.6 Å². The summed E-state index contributed by atoms with van der Waals surface area (Å²) in [4.78, 5) is 2.54. The number of rotatable bonds is 7. The van der Waals surface area contributed by atoms with Gasteiger partial charge in [0.15, 0.2) is 0 Å². The summed E-state index contributed by atoms with van der Waals surface area (Å²) in [6.45, 7) is 14.4. The zero-order valence-electron chi connectivity index (χ0n) is 10.6. The number of hydrogen-bond acceptors (Lipinski definition) is 2. The zero-order valence-corrected chi connectivity index (χ0v) is 10.6. The van der Waals surface area contributed by atoms with Crippen molar-refractivity contribution in [2.45, 2.75) is 47.1 Å². The Kier molecular flexibility index (Phi) is 7.20. The monoisotopic (exact) mass is 200 g/mol. The maximum Gasteiger partial charge on any atom is 0.00643 e. The highest BCUT2D eigenvalue weighted by atomic mass is 15.1. The Morgan fingerprint density at radius 3 is 2.00 bits per heavy atom. The fraction of sp³-hybridized carbons (Fsp3) is 1.00. The third-order valence-electron chi connectivity index (χ3n) is 3.33. The highest BCUT2D eigenvalue weighted by Crippen LogP contribution is 2.14. The van der Waals surface area contributed by atoms with Crippen molar-refractivity contribution in [2.24, 2.45) is 17.6 Å². The molecule has 14 heavy (non-hydrogen) atoms. The fourth-order valence-corrected chi connectivity index (χ4v) is 1.74. The molecule has 0 heterocycles. The SMILES string of the molecule is CCC(C)N(CC)CC(CN)C(C)C. The van der Waals surface area contributed by atoms with Crippen LogP contribution in [0, 0.1) is 11.8 Å². The third-order valence-corrected chi connectivity index (χ3v) is 3.33. The Bertz CT molecular complexity index is 134. The topological polar surface area (TPSA) is 29.3 Å². The second-order valence-electron chi connectivity index (χ2n) is 4.58. The molecular formula is C12H28N2. The molecule has 0 aliphatic rings. The number of nitrogens with two attached hydrogens (primary N) is 1. The molecule has 0 saturated heterocycles. The van der Waals surface area contributed by atoms with E-state index in [1.807, 2.05) is 0 Å². The molecule has 0 aliphatic heterocycles. The molecule has 2 atom stereocenters. The zero-order chi connectivity index (χ0) is 11.1. The van der Waals surface area contributed by atoms with Gasteiger partial charge in [-0.15, -0.1) is 0 Å². The van der Waals surface area contributed by atoms with Crippen LogP contribution in [-0.4, -0.2) is 30.6 Å². The van der Waals surface area contributed by atoms with E-state index in [0.29, 0.717) is 17.9 Å². The van der Waals surface area contributed by atoms with Crippen molar-refractivity contribution in [1.82, 2.24) is 4.90 Å². The van der Waals surface area contributed by atoms with Gasteiger partial charge in [-0.05, 0) is 38.3 Å². The summed E-state index contributed by atoms with van der Waals surface area (Å²) in [6.07, 6.45) is 1.23. The standard InChI is InChI=1S/C12H28N2/c1-6-11(5)14(7-2)9-12(8-13)10(3)4/h10-12H,6-9,13H2,1-5H3. The van der Waals surface area contributed by atoms with E-state index in [4.69, 9.17) is 5.73 Å². The lowest BCUT2D eigenvalue weighted by atomic mass is 9.95. The van der Waals surface area contributed by atoms with Gasteiger partial charge in [-0.1, -0.05) is 27.7 Å². The Labute approximate surface area is 89.9 Å². The van der Waals surface area contributed by atoms with Gasteiger partial charge in [0.1, 0.15) is 0 Å². The van der Waals surface area contributed by atoms with E-state index in [1.165, 1.54) is 6.42 Å². The molecule has 2 nitrogen and oxygen atoms in total. The van der Waals surface area contributed by atoms with E-state index in [0.717, 1.165) is 19.6 Å². The first kappa shape index (κ1) is 13.9. The fourth-order valence-electron chi connectivity index (χ4n) is 1.74. The predicted molar refractivity (Wildman–Crippen MR) is 64.4 cm³/mol. The van der Waals surface area contributed by atoms with E-state index < -0.39 is 0 Å². The normalized spacial score (nSPS) is 16.3. The molecule has 86 valence electrons. The molecule has 0 fully saturated rings. The first-order valence-corrected chi connectivity index (χ1v) is 6.00. The molecule has 0 aromatic heterocycles. The molecule has 0 radical (unpaired) electrons. The largest absolute Gasteiger partial charge is 0.330 e. The molecular weight excluding hydrogens is 172 g/mol. The number of hydrogen-bond donors (Lipinski definition) is 1. The molecule has 0 rings (SSSR count). The Morgan fingerprint density at radius 1 is 1.14 bits per heavy atom. The smallest absolute Gasteiger partial charge is 0.00643 e. The molecule has 2 heteroatoms. The summed E-state index contributed by atoms with van der Waals surface area (Å²) in [7, 11) is 0. The van der Waals surface area contributed by atoms with Crippen LogP contribution < -0.4 is 5.73 Å². The minimum absolute atomic E-state index is 0.643. The minimum atomic E-state index is 0.643. The summed E-state index contributed by atoms with van der Waals surface area (Å²) in [5, 5.41) is 0. The van der Waals surface area contributed by atoms with Gasteiger partial charge >= 0.3 is 0 Å². The van der Waals surface area contributed by atoms with Gasteiger partial charge in [0.05, 0.1) is 0 Å². The molecule has 0 aliphatic carbocycles. The third kappa shape index (κ3) is 4.43. The van der Waals surface area contributed by atoms with Gasteiger partial charge in [-0.2, -0.15) is 0 Å². The second kappa shape index (κ2) is 7.24. The summed E-state index contributed by atoms with van der Waals surface area (Å²) in [5.74, 6) is 1.34. The van der Waals surface area contributed by atoms with Crippen molar-refractivity contribution in [3.8, 4) is 0 Å². The average molecular weight is 200 g/mol. The highest BCUT2D eigenvalue weighted by Gasteiger charge is 2.17. The quantitative estimate of drug-likeness (QED) is 0.683. The maximum absolute atomic E-state index is 5.79. The van der Waals surface area contributed by atoms with Gasteiger partial charge in [0.2, 0.25) is 0 Å². The van der Waals surface area contributed by atoms with Crippen LogP contribution in [0.15, 0.2) is 0 Å². The average Bonchev–Trinajstić information content (AvgIpc) is 2.18. The van der Waals surface area contributed by atoms with E-state index >= 15 is 0 Å². The summed E-state index contributed by atoms with van der Waals surface area (Å²) in [6, 6.07) is 0.688. The summed E-state index contributed by atoms with van der Waals surface area (Å²) < 4.78 is 0. The van der Waals surface area contributed by atoms with Gasteiger partial charge in [0, 0.05) is 12.6 Å². The van der Waals surface area contributed by atoms with Crippen LogP contribution in [0.5, 0.6) is 0 Å². The van der Waals surface area contributed by atoms with Crippen molar-refractivity contribution in [3.05, 3.63) is 0 Å². The Balaban J connectivity index is 4.13. The van der Waals surface area contributed by atoms with E-state index in [1.54, 1.807) is 0 Å². The molecule has 0 spiro atoms. The Hall–Kier alpha value is -0.0800. The molecule has 2 N–H and O–H groups in total. The van der Waals surface area contributed by atoms with E-state index in [9.17, 15) is 0 Å².